The molecule has 3 aromatic rings. The first-order valence-corrected chi connectivity index (χ1v) is 12.3. The molecule has 1 saturated heterocycles. The molecule has 2 aromatic carbocycles. The fraction of sp³-hybridized carbons (Fsp3) is 0.304. The largest absolute Gasteiger partial charge is 0.475 e. The molecule has 1 aliphatic heterocycles. The second-order valence-electron chi connectivity index (χ2n) is 7.79. The maximum atomic E-state index is 13.6. The molecular formula is C23H25N2O9P. The minimum absolute atomic E-state index is 0.108. The predicted octanol–water partition coefficient (Wildman–Crippen LogP) is 1.71. The van der Waals surface area contributed by atoms with Gasteiger partial charge in [0.25, 0.3) is 5.56 Å². The summed E-state index contributed by atoms with van der Waals surface area (Å²) in [5.74, 6) is 0. The van der Waals surface area contributed by atoms with Crippen LogP contribution in [0, 0.1) is 0 Å². The van der Waals surface area contributed by atoms with Crippen molar-refractivity contribution < 1.29 is 33.1 Å². The van der Waals surface area contributed by atoms with Gasteiger partial charge in [-0.3, -0.25) is 27.9 Å². The monoisotopic (exact) mass is 504 g/mol. The van der Waals surface area contributed by atoms with E-state index in [1.807, 2.05) is 12.1 Å². The zero-order valence-electron chi connectivity index (χ0n) is 18.5. The Kier molecular flexibility index (Phi) is 8.09. The van der Waals surface area contributed by atoms with Crippen molar-refractivity contribution in [2.75, 3.05) is 6.61 Å². The first-order chi connectivity index (χ1) is 16.9. The van der Waals surface area contributed by atoms with Crippen molar-refractivity contribution in [2.24, 2.45) is 0 Å². The van der Waals surface area contributed by atoms with Gasteiger partial charge in [0.2, 0.25) is 0 Å². The fourth-order valence-corrected chi connectivity index (χ4v) is 4.93. The molecule has 1 fully saturated rings. The summed E-state index contributed by atoms with van der Waals surface area (Å²) in [4.78, 5) is 25.6. The van der Waals surface area contributed by atoms with E-state index in [1.54, 1.807) is 48.5 Å². The molecule has 12 heteroatoms. The van der Waals surface area contributed by atoms with Crippen LogP contribution in [0.4, 0.5) is 0 Å². The highest BCUT2D eigenvalue weighted by Gasteiger charge is 2.49. The molecule has 1 aromatic heterocycles. The highest BCUT2D eigenvalue weighted by molar-refractivity contribution is 7.48. The van der Waals surface area contributed by atoms with E-state index in [1.165, 1.54) is 0 Å². The minimum Gasteiger partial charge on any atom is -0.394 e. The van der Waals surface area contributed by atoms with Gasteiger partial charge in [-0.2, -0.15) is 0 Å². The van der Waals surface area contributed by atoms with Crippen LogP contribution in [0.1, 0.15) is 17.4 Å². The van der Waals surface area contributed by atoms with Crippen LogP contribution in [0.25, 0.3) is 0 Å². The van der Waals surface area contributed by atoms with Gasteiger partial charge in [0, 0.05) is 12.3 Å². The van der Waals surface area contributed by atoms with Gasteiger partial charge in [0.05, 0.1) is 19.8 Å². The summed E-state index contributed by atoms with van der Waals surface area (Å²) in [5, 5.41) is 20.7. The van der Waals surface area contributed by atoms with Crippen molar-refractivity contribution in [1.29, 1.82) is 0 Å². The summed E-state index contributed by atoms with van der Waals surface area (Å²) in [6, 6.07) is 19.0. The van der Waals surface area contributed by atoms with Gasteiger partial charge in [0.1, 0.15) is 18.3 Å². The first kappa shape index (κ1) is 25.2. The van der Waals surface area contributed by atoms with Crippen LogP contribution in [0.2, 0.25) is 0 Å². The molecule has 2 unspecified atom stereocenters. The van der Waals surface area contributed by atoms with Crippen molar-refractivity contribution in [2.45, 2.75) is 37.8 Å². The van der Waals surface area contributed by atoms with Crippen molar-refractivity contribution in [3.8, 4) is 0 Å². The number of nitrogens with one attached hydrogen (secondary N) is 1. The molecule has 186 valence electrons. The maximum Gasteiger partial charge on any atom is 0.475 e. The third-order valence-corrected chi connectivity index (χ3v) is 6.72. The number of hydrogen-bond donors (Lipinski definition) is 3. The summed E-state index contributed by atoms with van der Waals surface area (Å²) in [6.07, 6.45) is -4.27. The summed E-state index contributed by atoms with van der Waals surface area (Å²) in [6.45, 7) is -0.833. The van der Waals surface area contributed by atoms with Gasteiger partial charge < -0.3 is 14.9 Å². The van der Waals surface area contributed by atoms with Gasteiger partial charge in [-0.15, -0.1) is 0 Å². The molecule has 4 atom stereocenters. The molecule has 4 rings (SSSR count). The minimum atomic E-state index is -4.32. The number of H-pyrrole nitrogens is 1. The number of aromatic nitrogens is 2. The number of rotatable bonds is 10. The number of hydrogen-bond acceptors (Lipinski definition) is 9. The Balaban J connectivity index is 1.56. The van der Waals surface area contributed by atoms with E-state index in [-0.39, 0.29) is 13.2 Å². The van der Waals surface area contributed by atoms with Crippen molar-refractivity contribution >= 4 is 7.82 Å². The standard InChI is InChI=1S/C23H25N2O9P/c26-13-18-21(20(28)22(33-18)25-12-11-19(27)24-23(25)29)34-35(30,31-14-16-7-3-1-4-8-16)32-15-17-9-5-2-6-10-17/h1-12,18,20-22,26,28H,13-15H2,(H,24,27,29)/t18-,20?,21?,22-/m1/s1. The molecule has 0 aliphatic carbocycles. The number of phosphoric ester groups is 1. The number of phosphoric acid groups is 1. The summed E-state index contributed by atoms with van der Waals surface area (Å²) < 4.78 is 37.0. The summed E-state index contributed by atoms with van der Waals surface area (Å²) >= 11 is 0. The van der Waals surface area contributed by atoms with Crippen LogP contribution < -0.4 is 11.2 Å². The highest BCUT2D eigenvalue weighted by atomic mass is 31.2. The molecule has 3 N–H and O–H groups in total. The molecule has 0 bridgehead atoms. The lowest BCUT2D eigenvalue weighted by atomic mass is 10.1. The molecule has 2 heterocycles. The smallest absolute Gasteiger partial charge is 0.394 e. The van der Waals surface area contributed by atoms with E-state index in [9.17, 15) is 24.4 Å². The second-order valence-corrected chi connectivity index (χ2v) is 9.41. The van der Waals surface area contributed by atoms with Gasteiger partial charge in [-0.05, 0) is 11.1 Å². The Hall–Kier alpha value is -2.89. The van der Waals surface area contributed by atoms with E-state index < -0.39 is 50.2 Å². The number of ether oxygens (including phenoxy) is 1. The molecule has 0 radical (unpaired) electrons. The predicted molar refractivity (Wildman–Crippen MR) is 123 cm³/mol. The Morgan fingerprint density at radius 3 is 2.03 bits per heavy atom. The van der Waals surface area contributed by atoms with E-state index in [0.717, 1.165) is 16.8 Å². The van der Waals surface area contributed by atoms with Crippen LogP contribution in [0.5, 0.6) is 0 Å². The topological polar surface area (TPSA) is 149 Å². The highest BCUT2D eigenvalue weighted by Crippen LogP contribution is 2.54. The zero-order chi connectivity index (χ0) is 24.8. The summed E-state index contributed by atoms with van der Waals surface area (Å²) in [5.41, 5.74) is -0.0421. The van der Waals surface area contributed by atoms with E-state index in [4.69, 9.17) is 18.3 Å². The van der Waals surface area contributed by atoms with Crippen LogP contribution in [-0.4, -0.2) is 44.7 Å². The Morgan fingerprint density at radius 2 is 1.51 bits per heavy atom. The lowest BCUT2D eigenvalue weighted by molar-refractivity contribution is -0.0554. The van der Waals surface area contributed by atoms with E-state index in [2.05, 4.69) is 4.98 Å². The van der Waals surface area contributed by atoms with Crippen molar-refractivity contribution in [3.63, 3.8) is 0 Å². The van der Waals surface area contributed by atoms with Gasteiger partial charge in [-0.1, -0.05) is 60.7 Å². The maximum absolute atomic E-state index is 13.6. The average Bonchev–Trinajstić information content (AvgIpc) is 3.17. The molecule has 0 saturated carbocycles. The van der Waals surface area contributed by atoms with Crippen LogP contribution in [0.15, 0.2) is 82.5 Å². The molecule has 35 heavy (non-hydrogen) atoms. The molecule has 0 spiro atoms. The van der Waals surface area contributed by atoms with Crippen molar-refractivity contribution in [1.82, 2.24) is 9.55 Å². The number of aromatic amines is 1. The van der Waals surface area contributed by atoms with Gasteiger partial charge >= 0.3 is 13.5 Å². The molecule has 1 aliphatic rings. The lowest BCUT2D eigenvalue weighted by Gasteiger charge is -2.25. The molecule has 0 amide bonds. The zero-order valence-corrected chi connectivity index (χ0v) is 19.4. The summed E-state index contributed by atoms with van der Waals surface area (Å²) in [7, 11) is -4.32. The average molecular weight is 504 g/mol. The van der Waals surface area contributed by atoms with E-state index >= 15 is 0 Å². The second kappa shape index (κ2) is 11.2. The van der Waals surface area contributed by atoms with E-state index in [0.29, 0.717) is 11.1 Å². The lowest BCUT2D eigenvalue weighted by Crippen LogP contribution is -2.38. The Bertz CT molecular complexity index is 1220. The van der Waals surface area contributed by atoms with Gasteiger partial charge in [-0.25, -0.2) is 9.36 Å². The normalized spacial score (nSPS) is 22.3. The third-order valence-electron chi connectivity index (χ3n) is 5.33. The fourth-order valence-electron chi connectivity index (χ4n) is 3.56. The Labute approximate surface area is 200 Å². The quantitative estimate of drug-likeness (QED) is 0.351. The van der Waals surface area contributed by atoms with Crippen LogP contribution in [-0.2, 0) is 36.1 Å². The number of nitrogens with zero attached hydrogens (tertiary/aromatic N) is 1. The number of aliphatic hydroxyl groups excluding tert-OH is 2. The van der Waals surface area contributed by atoms with Crippen LogP contribution >= 0.6 is 7.82 Å². The van der Waals surface area contributed by atoms with Gasteiger partial charge in [0.15, 0.2) is 6.23 Å². The third kappa shape index (κ3) is 6.22. The molecular weight excluding hydrogens is 479 g/mol. The molecule has 11 nitrogen and oxygen atoms in total. The SMILES string of the molecule is O=c1ccn([C@@H]2O[C@H](CO)C(OP(=O)(OCc3ccccc3)OCc3ccccc3)C2O)c(=O)[nH]1. The number of aliphatic hydroxyl groups is 2. The Morgan fingerprint density at radius 1 is 0.943 bits per heavy atom. The van der Waals surface area contributed by atoms with Crippen molar-refractivity contribution in [3.05, 3.63) is 105 Å². The number of benzene rings is 2. The van der Waals surface area contributed by atoms with Crippen LogP contribution in [0.3, 0.4) is 0 Å². The first-order valence-electron chi connectivity index (χ1n) is 10.8.